The van der Waals surface area contributed by atoms with Gasteiger partial charge in [-0.15, -0.1) is 0 Å². The first-order chi connectivity index (χ1) is 9.19. The van der Waals surface area contributed by atoms with Crippen LogP contribution in [0.1, 0.15) is 36.4 Å². The van der Waals surface area contributed by atoms with E-state index in [4.69, 9.17) is 10.5 Å². The van der Waals surface area contributed by atoms with Gasteiger partial charge < -0.3 is 10.5 Å². The van der Waals surface area contributed by atoms with Gasteiger partial charge in [0.2, 0.25) is 0 Å². The SMILES string of the molecule is Cc1cccc(C(N)C2CCOC3(CCSC3)C2)c1. The molecule has 3 unspecified atom stereocenters. The molecule has 2 aliphatic heterocycles. The van der Waals surface area contributed by atoms with Crippen LogP contribution in [-0.2, 0) is 4.74 Å². The van der Waals surface area contributed by atoms with Crippen LogP contribution in [0.4, 0.5) is 0 Å². The largest absolute Gasteiger partial charge is 0.374 e. The molecule has 0 saturated carbocycles. The first kappa shape index (κ1) is 13.5. The lowest BCUT2D eigenvalue weighted by atomic mass is 9.79. The highest BCUT2D eigenvalue weighted by molar-refractivity contribution is 7.99. The molecule has 2 nitrogen and oxygen atoms in total. The van der Waals surface area contributed by atoms with E-state index in [0.29, 0.717) is 5.92 Å². The highest BCUT2D eigenvalue weighted by Crippen LogP contribution is 2.43. The molecule has 0 amide bonds. The highest BCUT2D eigenvalue weighted by atomic mass is 32.2. The minimum Gasteiger partial charge on any atom is -0.374 e. The molecule has 1 spiro atoms. The number of thioether (sulfide) groups is 1. The second kappa shape index (κ2) is 5.47. The van der Waals surface area contributed by atoms with Gasteiger partial charge in [0.25, 0.3) is 0 Å². The Balaban J connectivity index is 1.74. The summed E-state index contributed by atoms with van der Waals surface area (Å²) < 4.78 is 6.09. The fourth-order valence-corrected chi connectivity index (χ4v) is 4.76. The standard InChI is InChI=1S/C16H23NOS/c1-12-3-2-4-13(9-12)15(17)14-5-7-18-16(10-14)6-8-19-11-16/h2-4,9,14-15H,5-8,10-11,17H2,1H3. The van der Waals surface area contributed by atoms with Gasteiger partial charge in [0, 0.05) is 18.4 Å². The van der Waals surface area contributed by atoms with Crippen molar-refractivity contribution in [3.05, 3.63) is 35.4 Å². The normalized spacial score (nSPS) is 32.6. The van der Waals surface area contributed by atoms with E-state index in [1.165, 1.54) is 23.3 Å². The molecule has 19 heavy (non-hydrogen) atoms. The predicted molar refractivity (Wildman–Crippen MR) is 81.5 cm³/mol. The Kier molecular flexibility index (Phi) is 3.88. The van der Waals surface area contributed by atoms with Gasteiger partial charge in [-0.2, -0.15) is 11.8 Å². The summed E-state index contributed by atoms with van der Waals surface area (Å²) in [6, 6.07) is 8.81. The average Bonchev–Trinajstić information content (AvgIpc) is 2.86. The first-order valence-corrected chi connectivity index (χ1v) is 8.38. The summed E-state index contributed by atoms with van der Waals surface area (Å²) in [6.07, 6.45) is 3.44. The van der Waals surface area contributed by atoms with Crippen LogP contribution >= 0.6 is 11.8 Å². The maximum atomic E-state index is 6.53. The first-order valence-electron chi connectivity index (χ1n) is 7.22. The summed E-state index contributed by atoms with van der Waals surface area (Å²) in [5.74, 6) is 2.96. The third-order valence-corrected chi connectivity index (χ3v) is 5.76. The second-order valence-corrected chi connectivity index (χ2v) is 7.13. The number of aryl methyl sites for hydroxylation is 1. The van der Waals surface area contributed by atoms with Crippen molar-refractivity contribution in [2.24, 2.45) is 11.7 Å². The third kappa shape index (κ3) is 2.83. The van der Waals surface area contributed by atoms with E-state index in [1.54, 1.807) is 0 Å². The predicted octanol–water partition coefficient (Wildman–Crippen LogP) is 3.30. The lowest BCUT2D eigenvalue weighted by molar-refractivity contribution is -0.0834. The van der Waals surface area contributed by atoms with E-state index in [2.05, 4.69) is 31.2 Å². The van der Waals surface area contributed by atoms with Crippen LogP contribution in [0.2, 0.25) is 0 Å². The maximum absolute atomic E-state index is 6.53. The molecule has 104 valence electrons. The van der Waals surface area contributed by atoms with Crippen LogP contribution in [0.25, 0.3) is 0 Å². The Hall–Kier alpha value is -0.510. The second-order valence-electron chi connectivity index (χ2n) is 6.03. The molecule has 2 saturated heterocycles. The zero-order valence-electron chi connectivity index (χ0n) is 11.6. The Bertz CT molecular complexity index is 442. The van der Waals surface area contributed by atoms with Crippen molar-refractivity contribution >= 4 is 11.8 Å². The monoisotopic (exact) mass is 277 g/mol. The molecule has 2 fully saturated rings. The molecule has 0 aliphatic carbocycles. The molecular formula is C16H23NOS. The Morgan fingerprint density at radius 3 is 3.11 bits per heavy atom. The van der Waals surface area contributed by atoms with Crippen molar-refractivity contribution in [3.63, 3.8) is 0 Å². The van der Waals surface area contributed by atoms with Gasteiger partial charge >= 0.3 is 0 Å². The molecule has 0 bridgehead atoms. The molecule has 3 atom stereocenters. The van der Waals surface area contributed by atoms with Crippen LogP contribution in [0.5, 0.6) is 0 Å². The van der Waals surface area contributed by atoms with Crippen LogP contribution in [0.15, 0.2) is 24.3 Å². The number of nitrogens with two attached hydrogens (primary N) is 1. The summed E-state index contributed by atoms with van der Waals surface area (Å²) >= 11 is 2.03. The molecule has 2 N–H and O–H groups in total. The van der Waals surface area contributed by atoms with Crippen molar-refractivity contribution in [2.45, 2.75) is 37.8 Å². The van der Waals surface area contributed by atoms with Gasteiger partial charge in [-0.25, -0.2) is 0 Å². The number of hydrogen-bond donors (Lipinski definition) is 1. The molecule has 0 aromatic heterocycles. The van der Waals surface area contributed by atoms with E-state index >= 15 is 0 Å². The summed E-state index contributed by atoms with van der Waals surface area (Å²) in [4.78, 5) is 0. The molecule has 2 aliphatic rings. The highest BCUT2D eigenvalue weighted by Gasteiger charge is 2.42. The van der Waals surface area contributed by atoms with Gasteiger partial charge in [0.1, 0.15) is 0 Å². The van der Waals surface area contributed by atoms with Crippen molar-refractivity contribution in [3.8, 4) is 0 Å². The van der Waals surface area contributed by atoms with E-state index in [1.807, 2.05) is 11.8 Å². The molecule has 3 rings (SSSR count). The maximum Gasteiger partial charge on any atom is 0.0783 e. The number of hydrogen-bond acceptors (Lipinski definition) is 3. The summed E-state index contributed by atoms with van der Waals surface area (Å²) in [5, 5.41) is 0. The zero-order valence-corrected chi connectivity index (χ0v) is 12.4. The van der Waals surface area contributed by atoms with Gasteiger partial charge in [-0.1, -0.05) is 29.8 Å². The quantitative estimate of drug-likeness (QED) is 0.901. The van der Waals surface area contributed by atoms with Gasteiger partial charge in [0.05, 0.1) is 5.60 Å². The number of benzene rings is 1. The Morgan fingerprint density at radius 2 is 2.37 bits per heavy atom. The summed E-state index contributed by atoms with van der Waals surface area (Å²) in [5.41, 5.74) is 9.24. The minimum absolute atomic E-state index is 0.134. The Labute approximate surface area is 120 Å². The average molecular weight is 277 g/mol. The fraction of sp³-hybridized carbons (Fsp3) is 0.625. The molecule has 0 radical (unpaired) electrons. The summed E-state index contributed by atoms with van der Waals surface area (Å²) in [7, 11) is 0. The van der Waals surface area contributed by atoms with Crippen molar-refractivity contribution in [1.29, 1.82) is 0 Å². The van der Waals surface area contributed by atoms with Crippen LogP contribution in [-0.4, -0.2) is 23.7 Å². The van der Waals surface area contributed by atoms with Crippen LogP contribution in [0.3, 0.4) is 0 Å². The topological polar surface area (TPSA) is 35.2 Å². The van der Waals surface area contributed by atoms with Crippen molar-refractivity contribution < 1.29 is 4.74 Å². The molecule has 1 aromatic rings. The van der Waals surface area contributed by atoms with E-state index in [9.17, 15) is 0 Å². The minimum atomic E-state index is 0.134. The molecule has 1 aromatic carbocycles. The van der Waals surface area contributed by atoms with Crippen LogP contribution in [0, 0.1) is 12.8 Å². The molecule has 2 heterocycles. The van der Waals surface area contributed by atoms with Crippen LogP contribution < -0.4 is 5.73 Å². The van der Waals surface area contributed by atoms with E-state index in [0.717, 1.165) is 25.2 Å². The smallest absolute Gasteiger partial charge is 0.0783 e. The van der Waals surface area contributed by atoms with Crippen molar-refractivity contribution in [2.75, 3.05) is 18.1 Å². The lowest BCUT2D eigenvalue weighted by Crippen LogP contribution is -2.42. The number of rotatable bonds is 2. The van der Waals surface area contributed by atoms with Gasteiger partial charge in [-0.3, -0.25) is 0 Å². The number of ether oxygens (including phenoxy) is 1. The molecular weight excluding hydrogens is 254 g/mol. The zero-order chi connectivity index (χ0) is 13.3. The molecule has 3 heteroatoms. The van der Waals surface area contributed by atoms with Crippen molar-refractivity contribution in [1.82, 2.24) is 0 Å². The Morgan fingerprint density at radius 1 is 1.47 bits per heavy atom. The third-order valence-electron chi connectivity index (χ3n) is 4.53. The summed E-state index contributed by atoms with van der Waals surface area (Å²) in [6.45, 7) is 3.01. The van der Waals surface area contributed by atoms with Gasteiger partial charge in [0.15, 0.2) is 0 Å². The van der Waals surface area contributed by atoms with E-state index < -0.39 is 0 Å². The fourth-order valence-electron chi connectivity index (χ4n) is 3.39. The van der Waals surface area contributed by atoms with Gasteiger partial charge in [-0.05, 0) is 43.4 Å². The van der Waals surface area contributed by atoms with E-state index in [-0.39, 0.29) is 11.6 Å². The lowest BCUT2D eigenvalue weighted by Gasteiger charge is -2.40.